The monoisotopic (exact) mass is 234 g/mol. The van der Waals surface area contributed by atoms with Gasteiger partial charge in [-0.15, -0.1) is 0 Å². The Bertz CT molecular complexity index is 370. The van der Waals surface area contributed by atoms with Gasteiger partial charge in [-0.2, -0.15) is 0 Å². The Labute approximate surface area is 102 Å². The van der Waals surface area contributed by atoms with Crippen molar-refractivity contribution < 1.29 is 0 Å². The first-order valence-corrected chi connectivity index (χ1v) is 6.31. The molecule has 1 aromatic rings. The van der Waals surface area contributed by atoms with E-state index in [1.807, 2.05) is 24.3 Å². The van der Waals surface area contributed by atoms with Crippen LogP contribution in [0.15, 0.2) is 24.3 Å². The van der Waals surface area contributed by atoms with Crippen molar-refractivity contribution in [2.24, 2.45) is 11.7 Å². The number of nitrogens with two attached hydrogens (primary N) is 1. The maximum Gasteiger partial charge on any atom is 0.106 e. The van der Waals surface area contributed by atoms with Crippen LogP contribution in [0.2, 0.25) is 0 Å². The second-order valence-corrected chi connectivity index (χ2v) is 4.88. The molecule has 2 rings (SSSR count). The van der Waals surface area contributed by atoms with Crippen molar-refractivity contribution in [3.05, 3.63) is 29.8 Å². The molecule has 0 heterocycles. The minimum atomic E-state index is 0.467. The predicted molar refractivity (Wildman–Crippen MR) is 72.8 cm³/mol. The molecule has 0 bridgehead atoms. The lowest BCUT2D eigenvalue weighted by atomic mass is 10.1. The molecule has 2 nitrogen and oxygen atoms in total. The zero-order valence-electron chi connectivity index (χ0n) is 9.41. The molecule has 0 unspecified atom stereocenters. The van der Waals surface area contributed by atoms with E-state index in [0.29, 0.717) is 4.99 Å². The standard InChI is InChI=1S/C13H18N2S/c14-13(16)11-7-3-4-8-12(11)15-9-10-5-1-2-6-10/h3-4,7-8,10,15H,1-2,5-6,9H2,(H2,14,16). The molecule has 86 valence electrons. The summed E-state index contributed by atoms with van der Waals surface area (Å²) >= 11 is 5.04. The molecule has 0 saturated heterocycles. The molecule has 0 aromatic heterocycles. The van der Waals surface area contributed by atoms with E-state index in [-0.39, 0.29) is 0 Å². The van der Waals surface area contributed by atoms with Gasteiger partial charge >= 0.3 is 0 Å². The van der Waals surface area contributed by atoms with Gasteiger partial charge in [-0.3, -0.25) is 0 Å². The Morgan fingerprint density at radius 2 is 2.00 bits per heavy atom. The fourth-order valence-corrected chi connectivity index (χ4v) is 2.50. The van der Waals surface area contributed by atoms with Crippen LogP contribution in [0.5, 0.6) is 0 Å². The first-order valence-electron chi connectivity index (χ1n) is 5.90. The van der Waals surface area contributed by atoms with Crippen molar-refractivity contribution in [1.29, 1.82) is 0 Å². The van der Waals surface area contributed by atoms with Crippen LogP contribution in [0.3, 0.4) is 0 Å². The maximum atomic E-state index is 5.69. The van der Waals surface area contributed by atoms with Gasteiger partial charge in [0, 0.05) is 17.8 Å². The predicted octanol–water partition coefficient (Wildman–Crippen LogP) is 2.92. The molecule has 0 aliphatic heterocycles. The minimum absolute atomic E-state index is 0.467. The summed E-state index contributed by atoms with van der Waals surface area (Å²) in [4.78, 5) is 0.467. The van der Waals surface area contributed by atoms with Crippen LogP contribution in [-0.4, -0.2) is 11.5 Å². The molecule has 0 atom stereocenters. The number of thiocarbonyl (C=S) groups is 1. The van der Waals surface area contributed by atoms with E-state index in [1.54, 1.807) is 0 Å². The summed E-state index contributed by atoms with van der Waals surface area (Å²) in [5.41, 5.74) is 7.72. The highest BCUT2D eigenvalue weighted by molar-refractivity contribution is 7.80. The summed E-state index contributed by atoms with van der Waals surface area (Å²) in [6.07, 6.45) is 5.46. The fraction of sp³-hybridized carbons (Fsp3) is 0.462. The van der Waals surface area contributed by atoms with E-state index in [2.05, 4.69) is 5.32 Å². The molecule has 1 fully saturated rings. The Hall–Kier alpha value is -1.09. The molecular weight excluding hydrogens is 216 g/mol. The summed E-state index contributed by atoms with van der Waals surface area (Å²) in [6.45, 7) is 1.04. The SMILES string of the molecule is NC(=S)c1ccccc1NCC1CCCC1. The number of hydrogen-bond donors (Lipinski definition) is 2. The molecule has 1 aliphatic carbocycles. The van der Waals surface area contributed by atoms with Crippen LogP contribution < -0.4 is 11.1 Å². The Kier molecular flexibility index (Phi) is 3.78. The minimum Gasteiger partial charge on any atom is -0.389 e. The van der Waals surface area contributed by atoms with E-state index in [4.69, 9.17) is 18.0 Å². The van der Waals surface area contributed by atoms with Gasteiger partial charge in [0.25, 0.3) is 0 Å². The number of anilines is 1. The molecule has 1 aromatic carbocycles. The molecule has 0 spiro atoms. The van der Waals surface area contributed by atoms with Crippen LogP contribution in [0.25, 0.3) is 0 Å². The highest BCUT2D eigenvalue weighted by atomic mass is 32.1. The lowest BCUT2D eigenvalue weighted by Crippen LogP contribution is -2.16. The first-order chi connectivity index (χ1) is 7.77. The van der Waals surface area contributed by atoms with E-state index < -0.39 is 0 Å². The van der Waals surface area contributed by atoms with Crippen LogP contribution in [-0.2, 0) is 0 Å². The van der Waals surface area contributed by atoms with Gasteiger partial charge in [-0.1, -0.05) is 37.2 Å². The highest BCUT2D eigenvalue weighted by Crippen LogP contribution is 2.25. The molecule has 1 aliphatic rings. The van der Waals surface area contributed by atoms with E-state index >= 15 is 0 Å². The van der Waals surface area contributed by atoms with Gasteiger partial charge in [0.05, 0.1) is 0 Å². The van der Waals surface area contributed by atoms with E-state index in [0.717, 1.165) is 23.7 Å². The fourth-order valence-electron chi connectivity index (χ4n) is 2.32. The second-order valence-electron chi connectivity index (χ2n) is 4.44. The smallest absolute Gasteiger partial charge is 0.106 e. The third-order valence-corrected chi connectivity index (χ3v) is 3.47. The largest absolute Gasteiger partial charge is 0.389 e. The van der Waals surface area contributed by atoms with Gasteiger partial charge in [-0.05, 0) is 30.9 Å². The molecule has 0 amide bonds. The normalized spacial score (nSPS) is 16.2. The number of hydrogen-bond acceptors (Lipinski definition) is 2. The maximum absolute atomic E-state index is 5.69. The first kappa shape index (κ1) is 11.4. The molecule has 16 heavy (non-hydrogen) atoms. The number of rotatable bonds is 4. The average Bonchev–Trinajstić information content (AvgIpc) is 2.79. The highest BCUT2D eigenvalue weighted by Gasteiger charge is 2.15. The Morgan fingerprint density at radius 1 is 1.31 bits per heavy atom. The van der Waals surface area contributed by atoms with Crippen molar-refractivity contribution >= 4 is 22.9 Å². The quantitative estimate of drug-likeness (QED) is 0.787. The molecular formula is C13H18N2S. The lowest BCUT2D eigenvalue weighted by molar-refractivity contribution is 0.580. The van der Waals surface area contributed by atoms with Crippen LogP contribution in [0.4, 0.5) is 5.69 Å². The van der Waals surface area contributed by atoms with E-state index in [1.165, 1.54) is 25.7 Å². The van der Waals surface area contributed by atoms with Gasteiger partial charge in [0.2, 0.25) is 0 Å². The van der Waals surface area contributed by atoms with Gasteiger partial charge in [-0.25, -0.2) is 0 Å². The Balaban J connectivity index is 2.00. The van der Waals surface area contributed by atoms with Crippen molar-refractivity contribution in [1.82, 2.24) is 0 Å². The lowest BCUT2D eigenvalue weighted by Gasteiger charge is -2.14. The third kappa shape index (κ3) is 2.73. The zero-order chi connectivity index (χ0) is 11.4. The van der Waals surface area contributed by atoms with Gasteiger partial charge < -0.3 is 11.1 Å². The summed E-state index contributed by atoms with van der Waals surface area (Å²) in [5, 5.41) is 3.47. The molecule has 3 heteroatoms. The van der Waals surface area contributed by atoms with Crippen molar-refractivity contribution in [2.45, 2.75) is 25.7 Å². The van der Waals surface area contributed by atoms with Gasteiger partial charge in [0.1, 0.15) is 4.99 Å². The van der Waals surface area contributed by atoms with Crippen LogP contribution in [0.1, 0.15) is 31.2 Å². The van der Waals surface area contributed by atoms with Gasteiger partial charge in [0.15, 0.2) is 0 Å². The molecule has 3 N–H and O–H groups in total. The molecule has 1 saturated carbocycles. The van der Waals surface area contributed by atoms with E-state index in [9.17, 15) is 0 Å². The summed E-state index contributed by atoms with van der Waals surface area (Å²) in [5.74, 6) is 0.819. The number of nitrogens with one attached hydrogen (secondary N) is 1. The van der Waals surface area contributed by atoms with Crippen LogP contribution >= 0.6 is 12.2 Å². The zero-order valence-corrected chi connectivity index (χ0v) is 10.2. The summed E-state index contributed by atoms with van der Waals surface area (Å²) in [7, 11) is 0. The molecule has 0 radical (unpaired) electrons. The van der Waals surface area contributed by atoms with Crippen molar-refractivity contribution in [2.75, 3.05) is 11.9 Å². The van der Waals surface area contributed by atoms with Crippen molar-refractivity contribution in [3.63, 3.8) is 0 Å². The Morgan fingerprint density at radius 3 is 2.69 bits per heavy atom. The topological polar surface area (TPSA) is 38.0 Å². The van der Waals surface area contributed by atoms with Crippen LogP contribution in [0, 0.1) is 5.92 Å². The summed E-state index contributed by atoms with van der Waals surface area (Å²) in [6, 6.07) is 8.00. The number of benzene rings is 1. The average molecular weight is 234 g/mol. The third-order valence-electron chi connectivity index (χ3n) is 3.25. The number of para-hydroxylation sites is 1. The van der Waals surface area contributed by atoms with Crippen molar-refractivity contribution in [3.8, 4) is 0 Å². The summed E-state index contributed by atoms with van der Waals surface area (Å²) < 4.78 is 0. The second kappa shape index (κ2) is 5.30.